The highest BCUT2D eigenvalue weighted by Gasteiger charge is 2.27. The largest absolute Gasteiger partial charge is 0.481 e. The van der Waals surface area contributed by atoms with Gasteiger partial charge in [0.1, 0.15) is 0 Å². The zero-order chi connectivity index (χ0) is 16.2. The number of hydroxylamine groups is 2. The fourth-order valence-electron chi connectivity index (χ4n) is 2.53. The third-order valence-corrected chi connectivity index (χ3v) is 3.91. The summed E-state index contributed by atoms with van der Waals surface area (Å²) in [5, 5.41) is 2.58. The van der Waals surface area contributed by atoms with E-state index in [4.69, 9.17) is 26.9 Å². The van der Waals surface area contributed by atoms with E-state index < -0.39 is 0 Å². The zero-order valence-corrected chi connectivity index (χ0v) is 13.5. The van der Waals surface area contributed by atoms with Crippen molar-refractivity contribution in [1.82, 2.24) is 10.0 Å². The standard InChI is InChI=1S/C17H18ClN3O2/c1-22-17-6-5-13(11-20-17)15-10-16(19)23-21(15)8-7-12-3-2-4-14(18)9-12/h2-6,9-11,15H,7-8,19H2,1H3. The van der Waals surface area contributed by atoms with Crippen molar-refractivity contribution < 1.29 is 9.57 Å². The topological polar surface area (TPSA) is 60.6 Å². The van der Waals surface area contributed by atoms with Gasteiger partial charge in [0.15, 0.2) is 0 Å². The Kier molecular flexibility index (Phi) is 4.69. The molecule has 23 heavy (non-hydrogen) atoms. The van der Waals surface area contributed by atoms with E-state index in [0.29, 0.717) is 18.3 Å². The Balaban J connectivity index is 1.70. The van der Waals surface area contributed by atoms with Crippen LogP contribution in [0.4, 0.5) is 0 Å². The predicted octanol–water partition coefficient (Wildman–Crippen LogP) is 3.07. The van der Waals surface area contributed by atoms with E-state index in [1.165, 1.54) is 0 Å². The molecule has 0 bridgehead atoms. The van der Waals surface area contributed by atoms with Gasteiger partial charge in [-0.15, -0.1) is 5.06 Å². The normalized spacial score (nSPS) is 17.7. The van der Waals surface area contributed by atoms with Gasteiger partial charge in [0.05, 0.1) is 13.2 Å². The lowest BCUT2D eigenvalue weighted by Crippen LogP contribution is -2.26. The molecular formula is C17H18ClN3O2. The SMILES string of the molecule is COc1ccc(C2C=C(N)ON2CCc2cccc(Cl)c2)cn1. The van der Waals surface area contributed by atoms with Crippen LogP contribution >= 0.6 is 11.6 Å². The van der Waals surface area contributed by atoms with E-state index in [9.17, 15) is 0 Å². The highest BCUT2D eigenvalue weighted by molar-refractivity contribution is 6.30. The summed E-state index contributed by atoms with van der Waals surface area (Å²) in [6.45, 7) is 0.689. The summed E-state index contributed by atoms with van der Waals surface area (Å²) >= 11 is 6.02. The fraction of sp³-hybridized carbons (Fsp3) is 0.235. The van der Waals surface area contributed by atoms with E-state index in [2.05, 4.69) is 4.98 Å². The third-order valence-electron chi connectivity index (χ3n) is 3.67. The minimum absolute atomic E-state index is 0.0624. The lowest BCUT2D eigenvalue weighted by Gasteiger charge is -2.22. The summed E-state index contributed by atoms with van der Waals surface area (Å²) in [5.74, 6) is 0.979. The summed E-state index contributed by atoms with van der Waals surface area (Å²) in [6, 6.07) is 11.5. The van der Waals surface area contributed by atoms with E-state index >= 15 is 0 Å². The van der Waals surface area contributed by atoms with Crippen LogP contribution in [0.3, 0.4) is 0 Å². The quantitative estimate of drug-likeness (QED) is 0.912. The Labute approximate surface area is 140 Å². The molecule has 0 saturated heterocycles. The van der Waals surface area contributed by atoms with Gasteiger partial charge >= 0.3 is 0 Å². The molecule has 1 aliphatic rings. The molecule has 6 heteroatoms. The van der Waals surface area contributed by atoms with Crippen LogP contribution in [-0.4, -0.2) is 23.7 Å². The first-order chi connectivity index (χ1) is 11.2. The van der Waals surface area contributed by atoms with E-state index in [0.717, 1.165) is 22.6 Å². The van der Waals surface area contributed by atoms with Crippen molar-refractivity contribution in [3.63, 3.8) is 0 Å². The van der Waals surface area contributed by atoms with Crippen molar-refractivity contribution in [2.24, 2.45) is 5.73 Å². The molecule has 1 aromatic heterocycles. The lowest BCUT2D eigenvalue weighted by atomic mass is 10.1. The highest BCUT2D eigenvalue weighted by Crippen LogP contribution is 2.30. The van der Waals surface area contributed by atoms with E-state index in [1.54, 1.807) is 13.3 Å². The Morgan fingerprint density at radius 1 is 1.35 bits per heavy atom. The third kappa shape index (κ3) is 3.75. The molecule has 2 N–H and O–H groups in total. The second kappa shape index (κ2) is 6.89. The number of methoxy groups -OCH3 is 1. The van der Waals surface area contributed by atoms with Gasteiger partial charge in [-0.05, 0) is 29.7 Å². The van der Waals surface area contributed by atoms with Crippen LogP contribution in [0, 0.1) is 0 Å². The molecule has 2 heterocycles. The van der Waals surface area contributed by atoms with Crippen LogP contribution in [0.1, 0.15) is 17.2 Å². The smallest absolute Gasteiger partial charge is 0.212 e. The minimum atomic E-state index is -0.0624. The molecular weight excluding hydrogens is 314 g/mol. The van der Waals surface area contributed by atoms with Gasteiger partial charge in [-0.1, -0.05) is 29.8 Å². The summed E-state index contributed by atoms with van der Waals surface area (Å²) in [5.41, 5.74) is 7.98. The van der Waals surface area contributed by atoms with E-state index in [-0.39, 0.29) is 6.04 Å². The number of aromatic nitrogens is 1. The van der Waals surface area contributed by atoms with Crippen LogP contribution in [-0.2, 0) is 11.3 Å². The molecule has 0 aliphatic carbocycles. The molecule has 1 atom stereocenters. The molecule has 2 aromatic rings. The second-order valence-electron chi connectivity index (χ2n) is 5.26. The molecule has 120 valence electrons. The number of halogens is 1. The predicted molar refractivity (Wildman–Crippen MR) is 88.7 cm³/mol. The monoisotopic (exact) mass is 331 g/mol. The molecule has 1 unspecified atom stereocenters. The van der Waals surface area contributed by atoms with Crippen molar-refractivity contribution in [1.29, 1.82) is 0 Å². The first-order valence-electron chi connectivity index (χ1n) is 7.32. The Morgan fingerprint density at radius 3 is 2.91 bits per heavy atom. The summed E-state index contributed by atoms with van der Waals surface area (Å²) in [6.07, 6.45) is 4.46. The van der Waals surface area contributed by atoms with Gasteiger partial charge in [-0.25, -0.2) is 4.98 Å². The maximum atomic E-state index is 6.02. The van der Waals surface area contributed by atoms with Gasteiger partial charge < -0.3 is 15.3 Å². The van der Waals surface area contributed by atoms with Crippen LogP contribution < -0.4 is 10.5 Å². The second-order valence-corrected chi connectivity index (χ2v) is 5.70. The van der Waals surface area contributed by atoms with E-state index in [1.807, 2.05) is 47.5 Å². The maximum absolute atomic E-state index is 6.02. The number of nitrogens with two attached hydrogens (primary N) is 1. The molecule has 0 fully saturated rings. The number of pyridine rings is 1. The number of benzene rings is 1. The Hall–Kier alpha value is -2.24. The zero-order valence-electron chi connectivity index (χ0n) is 12.8. The van der Waals surface area contributed by atoms with Crippen molar-refractivity contribution >= 4 is 11.6 Å². The number of hydrogen-bond donors (Lipinski definition) is 1. The maximum Gasteiger partial charge on any atom is 0.212 e. The molecule has 0 saturated carbocycles. The first kappa shape index (κ1) is 15.6. The number of ether oxygens (including phenoxy) is 1. The van der Waals surface area contributed by atoms with Gasteiger partial charge in [0.2, 0.25) is 11.8 Å². The van der Waals surface area contributed by atoms with Crippen molar-refractivity contribution in [2.75, 3.05) is 13.7 Å². The van der Waals surface area contributed by atoms with Crippen LogP contribution in [0.15, 0.2) is 54.6 Å². The first-order valence-corrected chi connectivity index (χ1v) is 7.70. The molecule has 0 spiro atoms. The lowest BCUT2D eigenvalue weighted by molar-refractivity contribution is -0.118. The van der Waals surface area contributed by atoms with Crippen LogP contribution in [0.25, 0.3) is 0 Å². The van der Waals surface area contributed by atoms with Crippen LogP contribution in [0.2, 0.25) is 5.02 Å². The minimum Gasteiger partial charge on any atom is -0.481 e. The molecule has 0 radical (unpaired) electrons. The summed E-state index contributed by atoms with van der Waals surface area (Å²) < 4.78 is 5.09. The van der Waals surface area contributed by atoms with Crippen LogP contribution in [0.5, 0.6) is 5.88 Å². The summed E-state index contributed by atoms with van der Waals surface area (Å²) in [4.78, 5) is 9.86. The van der Waals surface area contributed by atoms with Gasteiger partial charge in [-0.2, -0.15) is 0 Å². The van der Waals surface area contributed by atoms with Crippen molar-refractivity contribution in [3.8, 4) is 5.88 Å². The number of nitrogens with zero attached hydrogens (tertiary/aromatic N) is 2. The molecule has 5 nitrogen and oxygen atoms in total. The molecule has 3 rings (SSSR count). The van der Waals surface area contributed by atoms with Gasteiger partial charge in [0.25, 0.3) is 0 Å². The van der Waals surface area contributed by atoms with Gasteiger partial charge in [-0.3, -0.25) is 0 Å². The number of rotatable bonds is 5. The van der Waals surface area contributed by atoms with Gasteiger partial charge in [0, 0.05) is 29.9 Å². The summed E-state index contributed by atoms with van der Waals surface area (Å²) in [7, 11) is 1.59. The Bertz CT molecular complexity index is 703. The molecule has 1 aliphatic heterocycles. The van der Waals surface area contributed by atoms with Crippen molar-refractivity contribution in [2.45, 2.75) is 12.5 Å². The average molecular weight is 332 g/mol. The number of hydrogen-bond acceptors (Lipinski definition) is 5. The highest BCUT2D eigenvalue weighted by atomic mass is 35.5. The fourth-order valence-corrected chi connectivity index (χ4v) is 2.74. The molecule has 0 amide bonds. The van der Waals surface area contributed by atoms with Crippen molar-refractivity contribution in [3.05, 3.63) is 70.7 Å². The average Bonchev–Trinajstić information content (AvgIpc) is 2.94. The molecule has 1 aromatic carbocycles. The Morgan fingerprint density at radius 2 is 2.22 bits per heavy atom.